The zero-order valence-corrected chi connectivity index (χ0v) is 23.4. The number of carbonyl (C=O) groups excluding carboxylic acids is 2. The van der Waals surface area contributed by atoms with Gasteiger partial charge in [0.05, 0.1) is 47.9 Å². The topological polar surface area (TPSA) is 127 Å². The number of halogens is 6. The number of carbonyl (C=O) groups is 3. The number of carboxylic acid groups (broad SMARTS) is 1. The molecule has 3 aromatic rings. The average molecular weight is 634 g/mol. The first-order valence-corrected chi connectivity index (χ1v) is 13.8. The Labute approximate surface area is 243 Å². The van der Waals surface area contributed by atoms with E-state index in [1.54, 1.807) is 12.1 Å². The summed E-state index contributed by atoms with van der Waals surface area (Å²) in [5.41, 5.74) is -0.169. The monoisotopic (exact) mass is 633 g/mol. The Morgan fingerprint density at radius 2 is 1.84 bits per heavy atom. The van der Waals surface area contributed by atoms with Gasteiger partial charge in [-0.2, -0.15) is 26.3 Å². The van der Waals surface area contributed by atoms with Gasteiger partial charge in [-0.25, -0.2) is 9.78 Å². The molecule has 43 heavy (non-hydrogen) atoms. The second-order valence-corrected chi connectivity index (χ2v) is 12.1. The van der Waals surface area contributed by atoms with E-state index in [1.165, 1.54) is 27.0 Å². The van der Waals surface area contributed by atoms with Crippen LogP contribution in [0.4, 0.5) is 26.3 Å². The number of thiophene rings is 1. The van der Waals surface area contributed by atoms with Gasteiger partial charge in [0, 0.05) is 35.9 Å². The molecule has 3 atom stereocenters. The summed E-state index contributed by atoms with van der Waals surface area (Å²) in [6.45, 7) is 5.92. The van der Waals surface area contributed by atoms with Gasteiger partial charge in [-0.05, 0) is 17.5 Å². The molecule has 2 saturated heterocycles. The van der Waals surface area contributed by atoms with Gasteiger partial charge in [0.1, 0.15) is 5.82 Å². The zero-order chi connectivity index (χ0) is 31.5. The summed E-state index contributed by atoms with van der Waals surface area (Å²) >= 11 is 1.31. The Bertz CT molecular complexity index is 1550. The summed E-state index contributed by atoms with van der Waals surface area (Å²) < 4.78 is 80.3. The number of nitrogens with zero attached hydrogens (tertiary/aromatic N) is 4. The molecule has 2 unspecified atom stereocenters. The van der Waals surface area contributed by atoms with Crippen LogP contribution in [0.5, 0.6) is 0 Å². The molecule has 5 heterocycles. The molecule has 232 valence electrons. The van der Waals surface area contributed by atoms with Crippen molar-refractivity contribution >= 4 is 39.3 Å². The van der Waals surface area contributed by atoms with Gasteiger partial charge in [-0.3, -0.25) is 19.5 Å². The molecule has 10 nitrogen and oxygen atoms in total. The van der Waals surface area contributed by atoms with Crippen LogP contribution in [-0.2, 0) is 38.4 Å². The molecule has 0 spiro atoms. The van der Waals surface area contributed by atoms with Crippen LogP contribution in [0, 0.1) is 17.3 Å². The van der Waals surface area contributed by atoms with Gasteiger partial charge < -0.3 is 19.7 Å². The van der Waals surface area contributed by atoms with Crippen molar-refractivity contribution in [3.63, 3.8) is 0 Å². The molecule has 2 aliphatic heterocycles. The van der Waals surface area contributed by atoms with Gasteiger partial charge >= 0.3 is 18.3 Å². The molecule has 0 bridgehead atoms. The predicted molar refractivity (Wildman–Crippen MR) is 138 cm³/mol. The summed E-state index contributed by atoms with van der Waals surface area (Å²) in [5.74, 6) is -3.43. The average Bonchev–Trinajstić information content (AvgIpc) is 3.28. The van der Waals surface area contributed by atoms with Crippen LogP contribution >= 0.6 is 11.3 Å². The number of ether oxygens (including phenoxy) is 1. The van der Waals surface area contributed by atoms with Crippen molar-refractivity contribution in [2.24, 2.45) is 17.3 Å². The van der Waals surface area contributed by atoms with Crippen LogP contribution in [0.15, 0.2) is 24.5 Å². The number of pyridine rings is 1. The van der Waals surface area contributed by atoms with Crippen molar-refractivity contribution in [2.45, 2.75) is 45.4 Å². The number of likely N-dealkylation sites (tertiary alicyclic amines) is 1. The molecule has 3 aromatic heterocycles. The third-order valence-corrected chi connectivity index (χ3v) is 8.77. The maximum atomic E-state index is 13.6. The quantitative estimate of drug-likeness (QED) is 0.320. The molecule has 3 fully saturated rings. The Morgan fingerprint density at radius 1 is 1.19 bits per heavy atom. The van der Waals surface area contributed by atoms with Crippen molar-refractivity contribution in [1.82, 2.24) is 24.8 Å². The van der Waals surface area contributed by atoms with Gasteiger partial charge in [-0.15, -0.1) is 11.3 Å². The molecule has 1 saturated carbocycles. The molecule has 17 heteroatoms. The van der Waals surface area contributed by atoms with Gasteiger partial charge in [0.2, 0.25) is 11.8 Å². The Morgan fingerprint density at radius 3 is 2.40 bits per heavy atom. The van der Waals surface area contributed by atoms with E-state index in [2.05, 4.69) is 15.3 Å². The van der Waals surface area contributed by atoms with Crippen LogP contribution in [0.3, 0.4) is 0 Å². The summed E-state index contributed by atoms with van der Waals surface area (Å²) in [5, 5.41) is 10.3. The third kappa shape index (κ3) is 5.97. The number of alkyl halides is 6. The number of hydrogen-bond acceptors (Lipinski definition) is 8. The number of rotatable bonds is 5. The summed E-state index contributed by atoms with van der Waals surface area (Å²) in [7, 11) is 0. The molecular formula is C26H25F6N5O5S. The van der Waals surface area contributed by atoms with E-state index < -0.39 is 24.0 Å². The minimum Gasteiger partial charge on any atom is -0.475 e. The number of morpholine rings is 1. The maximum absolute atomic E-state index is 13.6. The van der Waals surface area contributed by atoms with E-state index in [9.17, 15) is 35.9 Å². The smallest absolute Gasteiger partial charge is 0.475 e. The number of amides is 2. The summed E-state index contributed by atoms with van der Waals surface area (Å²) in [6.07, 6.45) is -7.41. The van der Waals surface area contributed by atoms with Gasteiger partial charge in [-0.1, -0.05) is 13.8 Å². The first-order chi connectivity index (χ1) is 20.0. The number of fused-ring (bicyclic) bond motifs is 2. The van der Waals surface area contributed by atoms with Crippen LogP contribution < -0.4 is 5.32 Å². The maximum Gasteiger partial charge on any atom is 0.490 e. The highest BCUT2D eigenvalue weighted by Gasteiger charge is 2.72. The number of carboxylic acids is 1. The van der Waals surface area contributed by atoms with Crippen molar-refractivity contribution in [1.29, 1.82) is 0 Å². The van der Waals surface area contributed by atoms with E-state index >= 15 is 0 Å². The van der Waals surface area contributed by atoms with Crippen molar-refractivity contribution in [3.05, 3.63) is 35.1 Å². The number of hydrogen-bond donors (Lipinski definition) is 2. The lowest BCUT2D eigenvalue weighted by atomic mass is 10.1. The minimum atomic E-state index is -5.08. The molecule has 0 radical (unpaired) electrons. The fourth-order valence-electron chi connectivity index (χ4n) is 5.42. The van der Waals surface area contributed by atoms with E-state index in [0.717, 1.165) is 11.1 Å². The number of piperidine rings is 1. The lowest BCUT2D eigenvalue weighted by Gasteiger charge is -2.24. The molecule has 6 rings (SSSR count). The highest BCUT2D eigenvalue weighted by molar-refractivity contribution is 7.19. The lowest BCUT2D eigenvalue weighted by molar-refractivity contribution is -0.192. The molecule has 3 aliphatic rings. The first-order valence-electron chi connectivity index (χ1n) is 13.0. The van der Waals surface area contributed by atoms with Gasteiger partial charge in [0.15, 0.2) is 5.69 Å². The van der Waals surface area contributed by atoms with Crippen LogP contribution in [0.2, 0.25) is 0 Å². The first kappa shape index (κ1) is 30.9. The zero-order valence-electron chi connectivity index (χ0n) is 22.6. The van der Waals surface area contributed by atoms with E-state index in [-0.39, 0.29) is 54.1 Å². The van der Waals surface area contributed by atoms with E-state index in [4.69, 9.17) is 14.6 Å². The number of nitrogens with one attached hydrogen (secondary N) is 1. The minimum absolute atomic E-state index is 0.130. The highest BCUT2D eigenvalue weighted by Crippen LogP contribution is 2.63. The van der Waals surface area contributed by atoms with Crippen molar-refractivity contribution < 1.29 is 50.6 Å². The van der Waals surface area contributed by atoms with Crippen LogP contribution in [0.25, 0.3) is 21.6 Å². The van der Waals surface area contributed by atoms with E-state index in [0.29, 0.717) is 35.5 Å². The molecule has 2 amide bonds. The fraction of sp³-hybridized carbons (Fsp3) is 0.500. The lowest BCUT2D eigenvalue weighted by Crippen LogP contribution is -2.40. The molecule has 2 N–H and O–H groups in total. The second kappa shape index (κ2) is 10.9. The fourth-order valence-corrected chi connectivity index (χ4v) is 6.53. The Kier molecular flexibility index (Phi) is 7.79. The third-order valence-electron chi connectivity index (χ3n) is 7.62. The number of imidazole rings is 1. The Hall–Kier alpha value is -3.57. The summed E-state index contributed by atoms with van der Waals surface area (Å²) in [6, 6.07) is 3.43. The highest BCUT2D eigenvalue weighted by atomic mass is 32.1. The second-order valence-electron chi connectivity index (χ2n) is 10.9. The molecular weight excluding hydrogens is 608 g/mol. The number of aromatic nitrogens is 3. The summed E-state index contributed by atoms with van der Waals surface area (Å²) in [4.78, 5) is 44.8. The molecule has 0 aromatic carbocycles. The SMILES string of the molecule is CC1(C)C2C(=O)N(Cc3cc4nccc(-c5nc(C(F)(F)F)cn5C[C@@H]5CNCCO5)c4s3)C(=O)C21.O=C(O)C(F)(F)F. The Balaban J connectivity index is 0.000000472. The predicted octanol–water partition coefficient (Wildman–Crippen LogP) is 3.94. The van der Waals surface area contributed by atoms with Crippen LogP contribution in [0.1, 0.15) is 24.4 Å². The van der Waals surface area contributed by atoms with E-state index in [1.807, 2.05) is 13.8 Å². The van der Waals surface area contributed by atoms with Crippen molar-refractivity contribution in [3.8, 4) is 11.4 Å². The van der Waals surface area contributed by atoms with Gasteiger partial charge in [0.25, 0.3) is 0 Å². The number of imide groups is 1. The largest absolute Gasteiger partial charge is 0.490 e. The van der Waals surface area contributed by atoms with Crippen molar-refractivity contribution in [2.75, 3.05) is 19.7 Å². The standard InChI is InChI=1S/C24H24F3N5O3S.C2HF3O2/c1-23(2)17-18(23)22(34)32(21(17)33)10-13-7-15-19(36-13)14(3-4-29-15)20-30-16(24(25,26)27)11-31(20)9-12-8-28-5-6-35-12;3-2(4,5)1(6)7/h3-4,7,11-12,17-18,28H,5-6,8-10H2,1-2H3;(H,6,7)/t12-,17?,18?;/m0./s1. The molecule has 1 aliphatic carbocycles. The van der Waals surface area contributed by atoms with Crippen LogP contribution in [-0.4, -0.2) is 74.3 Å². The normalized spacial score (nSPS) is 23.3. The number of aliphatic carboxylic acids is 1.